The minimum Gasteiger partial charge on any atom is -0.394 e. The molecule has 3 fully saturated rings. The Balaban J connectivity index is 1.40. The van der Waals surface area contributed by atoms with Gasteiger partial charge in [0.15, 0.2) is 18.9 Å². The van der Waals surface area contributed by atoms with Gasteiger partial charge in [0.25, 0.3) is 0 Å². The Morgan fingerprint density at radius 1 is 0.402 bits per heavy atom. The number of nitrogens with one attached hydrogen (secondary N) is 1. The maximum absolute atomic E-state index is 13.4. The molecule has 17 unspecified atom stereocenters. The van der Waals surface area contributed by atoms with Crippen LogP contribution in [-0.2, 0) is 33.2 Å². The van der Waals surface area contributed by atoms with E-state index in [0.717, 1.165) is 83.5 Å². The molecule has 0 aromatic carbocycles. The largest absolute Gasteiger partial charge is 0.394 e. The van der Waals surface area contributed by atoms with Crippen molar-refractivity contribution in [3.05, 3.63) is 97.2 Å². The van der Waals surface area contributed by atoms with E-state index in [1.54, 1.807) is 6.08 Å². The Labute approximate surface area is 552 Å². The molecule has 92 heavy (non-hydrogen) atoms. The maximum Gasteiger partial charge on any atom is 0.220 e. The molecule has 0 radical (unpaired) electrons. The molecule has 19 nitrogen and oxygen atoms in total. The second-order valence-electron chi connectivity index (χ2n) is 24.9. The van der Waals surface area contributed by atoms with Crippen molar-refractivity contribution in [2.75, 3.05) is 26.4 Å². The molecular formula is C73H125NO18. The Bertz CT molecular complexity index is 2040. The second kappa shape index (κ2) is 53.8. The molecule has 3 heterocycles. The Morgan fingerprint density at radius 3 is 1.22 bits per heavy atom. The van der Waals surface area contributed by atoms with Gasteiger partial charge in [-0.05, 0) is 89.9 Å². The van der Waals surface area contributed by atoms with Crippen molar-refractivity contribution in [2.45, 2.75) is 330 Å². The van der Waals surface area contributed by atoms with E-state index in [1.165, 1.54) is 109 Å². The predicted molar refractivity (Wildman–Crippen MR) is 360 cm³/mol. The zero-order chi connectivity index (χ0) is 66.8. The molecule has 0 aliphatic carbocycles. The highest BCUT2D eigenvalue weighted by atomic mass is 16.8. The first-order chi connectivity index (χ1) is 44.8. The number of carbonyl (C=O) groups is 1. The third kappa shape index (κ3) is 35.1. The van der Waals surface area contributed by atoms with Gasteiger partial charge in [0, 0.05) is 6.42 Å². The van der Waals surface area contributed by atoms with Crippen molar-refractivity contribution in [3.8, 4) is 0 Å². The molecule has 12 N–H and O–H groups in total. The number of unbranched alkanes of at least 4 members (excludes halogenated alkanes) is 23. The molecule has 3 saturated heterocycles. The first-order valence-electron chi connectivity index (χ1n) is 35.5. The lowest BCUT2D eigenvalue weighted by Gasteiger charge is -2.48. The van der Waals surface area contributed by atoms with Crippen molar-refractivity contribution in [2.24, 2.45) is 0 Å². The minimum absolute atomic E-state index is 0.227. The monoisotopic (exact) mass is 1300 g/mol. The number of carbonyl (C=O) groups excluding carboxylic acids is 1. The summed E-state index contributed by atoms with van der Waals surface area (Å²) in [6.45, 7) is 1.57. The van der Waals surface area contributed by atoms with E-state index < -0.39 is 124 Å². The summed E-state index contributed by atoms with van der Waals surface area (Å²) < 4.78 is 34.3. The van der Waals surface area contributed by atoms with Crippen LogP contribution in [-0.4, -0.2) is 193 Å². The van der Waals surface area contributed by atoms with Crippen LogP contribution in [0.3, 0.4) is 0 Å². The number of ether oxygens (including phenoxy) is 6. The Morgan fingerprint density at radius 2 is 0.761 bits per heavy atom. The molecule has 3 aliphatic rings. The van der Waals surface area contributed by atoms with E-state index in [4.69, 9.17) is 28.4 Å². The topological polar surface area (TPSA) is 307 Å². The number of rotatable bonds is 53. The number of aliphatic hydroxyl groups excluding tert-OH is 11. The van der Waals surface area contributed by atoms with Crippen molar-refractivity contribution >= 4 is 5.91 Å². The third-order valence-electron chi connectivity index (χ3n) is 17.1. The van der Waals surface area contributed by atoms with Crippen molar-refractivity contribution < 1.29 is 89.4 Å². The lowest BCUT2D eigenvalue weighted by molar-refractivity contribution is -0.379. The van der Waals surface area contributed by atoms with E-state index in [-0.39, 0.29) is 18.9 Å². The molecule has 0 aromatic rings. The molecular weight excluding hydrogens is 1180 g/mol. The summed E-state index contributed by atoms with van der Waals surface area (Å²) in [6.07, 6.45) is 43.9. The molecule has 0 saturated carbocycles. The predicted octanol–water partition coefficient (Wildman–Crippen LogP) is 9.66. The van der Waals surface area contributed by atoms with Gasteiger partial charge < -0.3 is 89.9 Å². The van der Waals surface area contributed by atoms with Crippen LogP contribution in [0.2, 0.25) is 0 Å². The van der Waals surface area contributed by atoms with Gasteiger partial charge in [-0.25, -0.2) is 0 Å². The van der Waals surface area contributed by atoms with Gasteiger partial charge in [-0.3, -0.25) is 4.79 Å². The summed E-state index contributed by atoms with van der Waals surface area (Å²) in [7, 11) is 0. The average molecular weight is 1300 g/mol. The minimum atomic E-state index is -1.99. The van der Waals surface area contributed by atoms with Crippen LogP contribution >= 0.6 is 0 Å². The SMILES string of the molecule is CC/C=C\C/C=C\C/C=C\C/C=C\C/C=C\CCCCCCCCCCCCCCCCCC(=O)NC(COC1OC(CO)C(OC2OC(CO)C(OC3OC(CO)C(O)C(O)C3O)C(O)C2O)C(O)C1O)C(O)/C=C/CC/C=C/CC/C=C/CCCCCCCC. The Hall–Kier alpha value is -3.29. The first kappa shape index (κ1) is 82.9. The molecule has 0 aromatic heterocycles. The van der Waals surface area contributed by atoms with E-state index >= 15 is 0 Å². The van der Waals surface area contributed by atoms with Crippen LogP contribution in [0.5, 0.6) is 0 Å². The van der Waals surface area contributed by atoms with Crippen LogP contribution in [0.15, 0.2) is 97.2 Å². The van der Waals surface area contributed by atoms with Crippen LogP contribution in [0.1, 0.15) is 226 Å². The normalized spacial score (nSPS) is 28.3. The Kier molecular flexibility index (Phi) is 48.5. The molecule has 0 bridgehead atoms. The van der Waals surface area contributed by atoms with Crippen LogP contribution in [0, 0.1) is 0 Å². The van der Waals surface area contributed by atoms with E-state index in [9.17, 15) is 61.0 Å². The van der Waals surface area contributed by atoms with E-state index in [0.29, 0.717) is 12.8 Å². The highest BCUT2D eigenvalue weighted by molar-refractivity contribution is 5.76. The summed E-state index contributed by atoms with van der Waals surface area (Å²) >= 11 is 0. The van der Waals surface area contributed by atoms with Crippen LogP contribution < -0.4 is 5.32 Å². The van der Waals surface area contributed by atoms with Gasteiger partial charge in [-0.1, -0.05) is 227 Å². The van der Waals surface area contributed by atoms with E-state index in [2.05, 4.69) is 104 Å². The lowest BCUT2D eigenvalue weighted by Crippen LogP contribution is -2.66. The summed E-state index contributed by atoms with van der Waals surface area (Å²) in [6, 6.07) is -1.00. The van der Waals surface area contributed by atoms with Gasteiger partial charge in [0.1, 0.15) is 73.2 Å². The third-order valence-corrected chi connectivity index (χ3v) is 17.1. The zero-order valence-corrected chi connectivity index (χ0v) is 56.0. The van der Waals surface area contributed by atoms with E-state index in [1.807, 2.05) is 6.08 Å². The quantitative estimate of drug-likeness (QED) is 0.0199. The number of hydrogen-bond acceptors (Lipinski definition) is 18. The average Bonchev–Trinajstić information content (AvgIpc) is 0.834. The molecule has 17 atom stereocenters. The fourth-order valence-corrected chi connectivity index (χ4v) is 11.4. The molecule has 3 aliphatic heterocycles. The highest BCUT2D eigenvalue weighted by Gasteiger charge is 2.53. The summed E-state index contributed by atoms with van der Waals surface area (Å²) in [4.78, 5) is 13.4. The smallest absolute Gasteiger partial charge is 0.220 e. The maximum atomic E-state index is 13.4. The number of allylic oxidation sites excluding steroid dienone is 15. The van der Waals surface area contributed by atoms with Crippen LogP contribution in [0.25, 0.3) is 0 Å². The van der Waals surface area contributed by atoms with Crippen molar-refractivity contribution in [3.63, 3.8) is 0 Å². The van der Waals surface area contributed by atoms with Gasteiger partial charge >= 0.3 is 0 Å². The molecule has 0 spiro atoms. The van der Waals surface area contributed by atoms with Gasteiger partial charge in [0.05, 0.1) is 38.6 Å². The molecule has 530 valence electrons. The van der Waals surface area contributed by atoms with Gasteiger partial charge in [-0.2, -0.15) is 0 Å². The van der Waals surface area contributed by atoms with Gasteiger partial charge in [-0.15, -0.1) is 0 Å². The second-order valence-corrected chi connectivity index (χ2v) is 24.9. The van der Waals surface area contributed by atoms with Crippen LogP contribution in [0.4, 0.5) is 0 Å². The summed E-state index contributed by atoms with van der Waals surface area (Å²) in [5.41, 5.74) is 0. The molecule has 3 rings (SSSR count). The number of aliphatic hydroxyl groups is 11. The standard InChI is InChI=1S/C73H125NO18/c1-3-5-7-9-11-13-15-17-19-21-22-23-24-25-26-27-28-29-30-31-32-33-34-35-37-39-41-43-45-47-49-51-61(79)74-56(57(78)50-48-46-44-42-40-38-36-20-18-16-14-12-10-8-6-4-2)55-87-71-67(85)64(82)69(59(53-76)89-71)92-73-68(86)65(83)70(60(54-77)90-73)91-72-66(84)63(81)62(80)58(52-75)88-72/h5,7,11,13,17-20,22-23,25-26,40,42,48,50,56-60,62-73,75-78,80-86H,3-4,6,8-10,12,14-16,21,24,27-39,41,43-47,49,51-55H2,1-2H3,(H,74,79)/b7-5-,13-11-,19-17-,20-18+,23-22-,26-25-,42-40+,50-48+. The zero-order valence-electron chi connectivity index (χ0n) is 56.0. The first-order valence-corrected chi connectivity index (χ1v) is 35.5. The molecule has 1 amide bonds. The highest BCUT2D eigenvalue weighted by Crippen LogP contribution is 2.33. The van der Waals surface area contributed by atoms with Crippen molar-refractivity contribution in [1.29, 1.82) is 0 Å². The van der Waals surface area contributed by atoms with Crippen molar-refractivity contribution in [1.82, 2.24) is 5.32 Å². The summed E-state index contributed by atoms with van der Waals surface area (Å²) in [5, 5.41) is 120. The fourth-order valence-electron chi connectivity index (χ4n) is 11.4. The lowest BCUT2D eigenvalue weighted by atomic mass is 9.96. The summed E-state index contributed by atoms with van der Waals surface area (Å²) in [5.74, 6) is -0.293. The molecule has 19 heteroatoms. The number of amides is 1. The number of hydrogen-bond donors (Lipinski definition) is 12. The van der Waals surface area contributed by atoms with Gasteiger partial charge in [0.2, 0.25) is 5.91 Å². The fraction of sp³-hybridized carbons (Fsp3) is 0.767.